The lowest BCUT2D eigenvalue weighted by molar-refractivity contribution is 0.102. The molecule has 4 aromatic rings. The highest BCUT2D eigenvalue weighted by atomic mass is 32.2. The molecule has 4 rings (SSSR count). The highest BCUT2D eigenvalue weighted by molar-refractivity contribution is 7.92. The molecule has 8 nitrogen and oxygen atoms in total. The average Bonchev–Trinajstić information content (AvgIpc) is 3.34. The molecule has 0 saturated carbocycles. The number of para-hydroxylation sites is 4. The summed E-state index contributed by atoms with van der Waals surface area (Å²) in [6.45, 7) is 0. The maximum absolute atomic E-state index is 12.9. The zero-order chi connectivity index (χ0) is 22.6. The first kappa shape index (κ1) is 21.1. The molecule has 0 unspecified atom stereocenters. The maximum atomic E-state index is 12.9. The van der Waals surface area contributed by atoms with Crippen LogP contribution in [0.4, 0.5) is 11.4 Å². The first-order valence-electron chi connectivity index (χ1n) is 9.62. The van der Waals surface area contributed by atoms with Gasteiger partial charge in [0.05, 0.1) is 35.4 Å². The molecule has 0 bridgehead atoms. The summed E-state index contributed by atoms with van der Waals surface area (Å²) in [5.74, 6) is -0.0482. The molecule has 9 heteroatoms. The van der Waals surface area contributed by atoms with Crippen molar-refractivity contribution in [1.29, 1.82) is 0 Å². The molecular formula is C23H20N4O4S. The van der Waals surface area contributed by atoms with Crippen LogP contribution in [0.15, 0.2) is 96.4 Å². The number of rotatable bonds is 7. The van der Waals surface area contributed by atoms with Crippen LogP contribution in [0, 0.1) is 0 Å². The molecule has 32 heavy (non-hydrogen) atoms. The van der Waals surface area contributed by atoms with Crippen LogP contribution in [-0.2, 0) is 10.0 Å². The highest BCUT2D eigenvalue weighted by Gasteiger charge is 2.19. The molecule has 0 saturated heterocycles. The molecule has 162 valence electrons. The fourth-order valence-electron chi connectivity index (χ4n) is 3.14. The summed E-state index contributed by atoms with van der Waals surface area (Å²) in [5, 5.41) is 2.84. The Bertz CT molecular complexity index is 1350. The number of aromatic nitrogens is 2. The smallest absolute Gasteiger partial charge is 0.262 e. The molecule has 0 aliphatic heterocycles. The van der Waals surface area contributed by atoms with Crippen molar-refractivity contribution < 1.29 is 17.9 Å². The van der Waals surface area contributed by atoms with E-state index in [1.165, 1.54) is 25.3 Å². The van der Waals surface area contributed by atoms with E-state index in [9.17, 15) is 13.2 Å². The summed E-state index contributed by atoms with van der Waals surface area (Å²) in [7, 11) is -2.48. The van der Waals surface area contributed by atoms with Crippen LogP contribution >= 0.6 is 0 Å². The standard InChI is InChI=1S/C23H20N4O4S/c1-31-22-12-5-3-10-20(22)26-32(29,30)18-8-6-7-17(15-18)23(28)25-19-9-2-4-11-21(19)27-14-13-24-16-27/h2-16,26H,1H3,(H,25,28). The van der Waals surface area contributed by atoms with Gasteiger partial charge in [-0.1, -0.05) is 30.3 Å². The molecule has 0 atom stereocenters. The van der Waals surface area contributed by atoms with Gasteiger partial charge in [0, 0.05) is 18.0 Å². The normalized spacial score (nSPS) is 11.0. The number of anilines is 2. The number of hydrogen-bond acceptors (Lipinski definition) is 5. The zero-order valence-corrected chi connectivity index (χ0v) is 17.9. The maximum Gasteiger partial charge on any atom is 0.262 e. The number of imidazole rings is 1. The van der Waals surface area contributed by atoms with E-state index in [1.807, 2.05) is 12.1 Å². The van der Waals surface area contributed by atoms with E-state index in [4.69, 9.17) is 4.74 Å². The van der Waals surface area contributed by atoms with Crippen molar-refractivity contribution in [1.82, 2.24) is 9.55 Å². The van der Waals surface area contributed by atoms with Crippen LogP contribution in [0.2, 0.25) is 0 Å². The van der Waals surface area contributed by atoms with Gasteiger partial charge in [0.1, 0.15) is 5.75 Å². The van der Waals surface area contributed by atoms with Gasteiger partial charge in [0.2, 0.25) is 0 Å². The number of hydrogen-bond donors (Lipinski definition) is 2. The number of amides is 1. The van der Waals surface area contributed by atoms with Gasteiger partial charge in [-0.15, -0.1) is 0 Å². The molecule has 2 N–H and O–H groups in total. The van der Waals surface area contributed by atoms with Gasteiger partial charge in [-0.05, 0) is 42.5 Å². The summed E-state index contributed by atoms with van der Waals surface area (Å²) in [6, 6.07) is 19.8. The Morgan fingerprint density at radius 2 is 1.72 bits per heavy atom. The van der Waals surface area contributed by atoms with Gasteiger partial charge < -0.3 is 14.6 Å². The number of nitrogens with zero attached hydrogens (tertiary/aromatic N) is 2. The minimum Gasteiger partial charge on any atom is -0.495 e. The number of ether oxygens (including phenoxy) is 1. The van der Waals surface area contributed by atoms with E-state index in [2.05, 4.69) is 15.0 Å². The Labute approximate surface area is 185 Å². The van der Waals surface area contributed by atoms with Crippen LogP contribution in [0.3, 0.4) is 0 Å². The monoisotopic (exact) mass is 448 g/mol. The number of methoxy groups -OCH3 is 1. The minimum absolute atomic E-state index is 0.0426. The van der Waals surface area contributed by atoms with Gasteiger partial charge in [-0.3, -0.25) is 9.52 Å². The Hall–Kier alpha value is -4.11. The lowest BCUT2D eigenvalue weighted by Crippen LogP contribution is -2.17. The SMILES string of the molecule is COc1ccccc1NS(=O)(=O)c1cccc(C(=O)Nc2ccccc2-n2ccnc2)c1. The molecule has 0 fully saturated rings. The summed E-state index contributed by atoms with van der Waals surface area (Å²) in [6.07, 6.45) is 5.03. The molecule has 0 aliphatic rings. The van der Waals surface area contributed by atoms with Gasteiger partial charge in [0.15, 0.2) is 0 Å². The summed E-state index contributed by atoms with van der Waals surface area (Å²) < 4.78 is 35.3. The predicted octanol–water partition coefficient (Wildman–Crippen LogP) is 3.93. The second-order valence-electron chi connectivity index (χ2n) is 6.77. The van der Waals surface area contributed by atoms with E-state index in [0.717, 1.165) is 5.69 Å². The van der Waals surface area contributed by atoms with Crippen LogP contribution in [-0.4, -0.2) is 31.0 Å². The number of carbonyl (C=O) groups is 1. The number of sulfonamides is 1. The molecule has 1 aromatic heterocycles. The number of benzene rings is 3. The van der Waals surface area contributed by atoms with Gasteiger partial charge in [-0.2, -0.15) is 0 Å². The van der Waals surface area contributed by atoms with E-state index in [-0.39, 0.29) is 10.5 Å². The Morgan fingerprint density at radius 1 is 0.969 bits per heavy atom. The third kappa shape index (κ3) is 4.47. The third-order valence-corrected chi connectivity index (χ3v) is 6.06. The van der Waals surface area contributed by atoms with E-state index in [0.29, 0.717) is 17.1 Å². The fraction of sp³-hybridized carbons (Fsp3) is 0.0435. The fourth-order valence-corrected chi connectivity index (χ4v) is 4.25. The molecule has 0 spiro atoms. The summed E-state index contributed by atoms with van der Waals surface area (Å²) in [5.41, 5.74) is 1.81. The van der Waals surface area contributed by atoms with Crippen molar-refractivity contribution in [3.63, 3.8) is 0 Å². The van der Waals surface area contributed by atoms with Gasteiger partial charge in [0.25, 0.3) is 15.9 Å². The quantitative estimate of drug-likeness (QED) is 0.446. The number of nitrogens with one attached hydrogen (secondary N) is 2. The van der Waals surface area contributed by atoms with Crippen molar-refractivity contribution in [2.45, 2.75) is 4.90 Å². The molecule has 1 heterocycles. The zero-order valence-electron chi connectivity index (χ0n) is 17.1. The van der Waals surface area contributed by atoms with Crippen molar-refractivity contribution >= 4 is 27.3 Å². The first-order valence-corrected chi connectivity index (χ1v) is 11.1. The first-order chi connectivity index (χ1) is 15.5. The van der Waals surface area contributed by atoms with E-state index >= 15 is 0 Å². The van der Waals surface area contributed by atoms with Crippen molar-refractivity contribution in [2.24, 2.45) is 0 Å². The predicted molar refractivity (Wildman–Crippen MR) is 122 cm³/mol. The topological polar surface area (TPSA) is 102 Å². The molecule has 1 amide bonds. The molecule has 0 aliphatic carbocycles. The summed E-state index contributed by atoms with van der Waals surface area (Å²) in [4.78, 5) is 16.9. The minimum atomic E-state index is -3.94. The lowest BCUT2D eigenvalue weighted by Gasteiger charge is -2.13. The Kier molecular flexibility index (Phi) is 5.91. The van der Waals surface area contributed by atoms with Crippen LogP contribution in [0.1, 0.15) is 10.4 Å². The van der Waals surface area contributed by atoms with Crippen LogP contribution in [0.25, 0.3) is 5.69 Å². The molecule has 3 aromatic carbocycles. The van der Waals surface area contributed by atoms with Gasteiger partial charge in [-0.25, -0.2) is 13.4 Å². The highest BCUT2D eigenvalue weighted by Crippen LogP contribution is 2.27. The average molecular weight is 449 g/mol. The van der Waals surface area contributed by atoms with Crippen molar-refractivity contribution in [3.05, 3.63) is 97.1 Å². The largest absolute Gasteiger partial charge is 0.495 e. The molecule has 0 radical (unpaired) electrons. The van der Waals surface area contributed by atoms with Crippen LogP contribution in [0.5, 0.6) is 5.75 Å². The molecular weight excluding hydrogens is 428 g/mol. The van der Waals surface area contributed by atoms with Crippen LogP contribution < -0.4 is 14.8 Å². The Balaban J connectivity index is 1.59. The Morgan fingerprint density at radius 3 is 2.47 bits per heavy atom. The second kappa shape index (κ2) is 8.94. The summed E-state index contributed by atoms with van der Waals surface area (Å²) >= 11 is 0. The van der Waals surface area contributed by atoms with Gasteiger partial charge >= 0.3 is 0 Å². The third-order valence-electron chi connectivity index (χ3n) is 4.69. The second-order valence-corrected chi connectivity index (χ2v) is 8.46. The number of carbonyl (C=O) groups excluding carboxylic acids is 1. The van der Waals surface area contributed by atoms with Crippen molar-refractivity contribution in [2.75, 3.05) is 17.1 Å². The van der Waals surface area contributed by atoms with E-state index in [1.54, 1.807) is 65.8 Å². The lowest BCUT2D eigenvalue weighted by atomic mass is 10.2. The van der Waals surface area contributed by atoms with Crippen molar-refractivity contribution in [3.8, 4) is 11.4 Å². The van der Waals surface area contributed by atoms with E-state index < -0.39 is 15.9 Å².